The third-order valence-corrected chi connectivity index (χ3v) is 4.34. The summed E-state index contributed by atoms with van der Waals surface area (Å²) in [6.07, 6.45) is 2.67. The molecule has 1 aromatic carbocycles. The summed E-state index contributed by atoms with van der Waals surface area (Å²) in [5.74, 6) is 1.10. The van der Waals surface area contributed by atoms with Crippen molar-refractivity contribution in [3.8, 4) is 11.5 Å². The lowest BCUT2D eigenvalue weighted by molar-refractivity contribution is -0.151. The molecule has 6 heteroatoms. The summed E-state index contributed by atoms with van der Waals surface area (Å²) < 4.78 is 16.3. The molecule has 1 aliphatic rings. The van der Waals surface area contributed by atoms with Crippen molar-refractivity contribution in [2.75, 3.05) is 32.9 Å². The van der Waals surface area contributed by atoms with E-state index in [4.69, 9.17) is 14.2 Å². The van der Waals surface area contributed by atoms with Gasteiger partial charge in [-0.1, -0.05) is 12.1 Å². The first-order valence-electron chi connectivity index (χ1n) is 9.44. The number of carbonyl (C=O) groups is 2. The minimum atomic E-state index is -0.194. The van der Waals surface area contributed by atoms with E-state index in [9.17, 15) is 9.59 Å². The Bertz CT molecular complexity index is 589. The van der Waals surface area contributed by atoms with Gasteiger partial charge in [-0.3, -0.25) is 9.59 Å². The summed E-state index contributed by atoms with van der Waals surface area (Å²) in [7, 11) is 0. The molecule has 1 fully saturated rings. The number of amides is 1. The van der Waals surface area contributed by atoms with E-state index in [0.717, 1.165) is 18.6 Å². The van der Waals surface area contributed by atoms with Gasteiger partial charge in [0.05, 0.1) is 25.7 Å². The molecule has 1 aliphatic heterocycles. The maximum absolute atomic E-state index is 12.4. The summed E-state index contributed by atoms with van der Waals surface area (Å²) >= 11 is 0. The highest BCUT2D eigenvalue weighted by Gasteiger charge is 2.28. The second-order valence-corrected chi connectivity index (χ2v) is 6.26. The molecule has 0 radical (unpaired) electrons. The van der Waals surface area contributed by atoms with Crippen molar-refractivity contribution >= 4 is 11.9 Å². The molecular formula is C20H29NO5. The van der Waals surface area contributed by atoms with Crippen LogP contribution in [0.1, 0.15) is 39.5 Å². The van der Waals surface area contributed by atoms with Crippen LogP contribution in [-0.4, -0.2) is 49.7 Å². The van der Waals surface area contributed by atoms with Gasteiger partial charge in [-0.15, -0.1) is 0 Å². The van der Waals surface area contributed by atoms with Crippen LogP contribution >= 0.6 is 0 Å². The maximum Gasteiger partial charge on any atom is 0.310 e. The molecule has 0 bridgehead atoms. The van der Waals surface area contributed by atoms with Gasteiger partial charge in [-0.2, -0.15) is 0 Å². The quantitative estimate of drug-likeness (QED) is 0.498. The topological polar surface area (TPSA) is 65.1 Å². The fraction of sp³-hybridized carbons (Fsp3) is 0.600. The third-order valence-electron chi connectivity index (χ3n) is 4.34. The first-order chi connectivity index (χ1) is 12.7. The van der Waals surface area contributed by atoms with E-state index >= 15 is 0 Å². The smallest absolute Gasteiger partial charge is 0.310 e. The normalized spacial score (nSPS) is 16.8. The van der Waals surface area contributed by atoms with Crippen LogP contribution in [0.4, 0.5) is 0 Å². The van der Waals surface area contributed by atoms with Crippen LogP contribution in [-0.2, 0) is 14.3 Å². The second-order valence-electron chi connectivity index (χ2n) is 6.26. The summed E-state index contributed by atoms with van der Waals surface area (Å²) in [6, 6.07) is 7.53. The lowest BCUT2D eigenvalue weighted by atomic mass is 9.98. The van der Waals surface area contributed by atoms with E-state index < -0.39 is 0 Å². The van der Waals surface area contributed by atoms with Crippen LogP contribution in [0.2, 0.25) is 0 Å². The van der Waals surface area contributed by atoms with Gasteiger partial charge in [-0.25, -0.2) is 0 Å². The van der Waals surface area contributed by atoms with Gasteiger partial charge in [0.25, 0.3) is 0 Å². The molecule has 0 aromatic heterocycles. The fourth-order valence-electron chi connectivity index (χ4n) is 3.06. The molecule has 0 aliphatic carbocycles. The number of carbonyl (C=O) groups excluding carboxylic acids is 2. The van der Waals surface area contributed by atoms with Gasteiger partial charge in [-0.05, 0) is 45.2 Å². The zero-order valence-electron chi connectivity index (χ0n) is 15.7. The Balaban J connectivity index is 1.74. The monoisotopic (exact) mass is 363 g/mol. The summed E-state index contributed by atoms with van der Waals surface area (Å²) in [5, 5.41) is 0. The van der Waals surface area contributed by atoms with Crippen molar-refractivity contribution in [3.05, 3.63) is 24.3 Å². The van der Waals surface area contributed by atoms with Gasteiger partial charge < -0.3 is 19.1 Å². The molecule has 1 atom stereocenters. The van der Waals surface area contributed by atoms with Gasteiger partial charge in [0.15, 0.2) is 11.5 Å². The lowest BCUT2D eigenvalue weighted by Gasteiger charge is -2.31. The third kappa shape index (κ3) is 5.93. The van der Waals surface area contributed by atoms with E-state index in [1.165, 1.54) is 0 Å². The number of hydrogen-bond acceptors (Lipinski definition) is 5. The van der Waals surface area contributed by atoms with Gasteiger partial charge >= 0.3 is 5.97 Å². The van der Waals surface area contributed by atoms with Crippen molar-refractivity contribution in [3.63, 3.8) is 0 Å². The van der Waals surface area contributed by atoms with Crippen LogP contribution < -0.4 is 9.47 Å². The second kappa shape index (κ2) is 10.7. The van der Waals surface area contributed by atoms with Crippen LogP contribution in [0.15, 0.2) is 24.3 Å². The van der Waals surface area contributed by atoms with E-state index in [-0.39, 0.29) is 17.8 Å². The standard InChI is InChI=1S/C20H29NO5/c1-3-24-17-10-5-6-11-18(17)26-14-8-12-19(22)21-13-7-9-16(15-21)20(23)25-4-2/h5-6,10-11,16H,3-4,7-9,12-15H2,1-2H3/t16-/m0/s1. The van der Waals surface area contributed by atoms with Crippen molar-refractivity contribution < 1.29 is 23.8 Å². The Kier molecular flexibility index (Phi) is 8.25. The number of benzene rings is 1. The zero-order chi connectivity index (χ0) is 18.8. The average molecular weight is 363 g/mol. The summed E-state index contributed by atoms with van der Waals surface area (Å²) in [4.78, 5) is 26.1. The Morgan fingerprint density at radius 2 is 1.85 bits per heavy atom. The van der Waals surface area contributed by atoms with E-state index in [1.54, 1.807) is 11.8 Å². The average Bonchev–Trinajstić information content (AvgIpc) is 2.67. The van der Waals surface area contributed by atoms with Crippen LogP contribution in [0, 0.1) is 5.92 Å². The maximum atomic E-state index is 12.4. The number of esters is 1. The molecule has 0 unspecified atom stereocenters. The van der Waals surface area contributed by atoms with E-state index in [1.807, 2.05) is 31.2 Å². The molecule has 6 nitrogen and oxygen atoms in total. The number of hydrogen-bond donors (Lipinski definition) is 0. The number of nitrogens with zero attached hydrogens (tertiary/aromatic N) is 1. The molecule has 0 N–H and O–H groups in total. The Hall–Kier alpha value is -2.24. The van der Waals surface area contributed by atoms with Crippen LogP contribution in [0.5, 0.6) is 11.5 Å². The predicted octanol–water partition coefficient (Wildman–Crippen LogP) is 3.05. The molecule has 1 heterocycles. The number of likely N-dealkylation sites (tertiary alicyclic amines) is 1. The highest BCUT2D eigenvalue weighted by Crippen LogP contribution is 2.26. The SMILES string of the molecule is CCOC(=O)[C@H]1CCCN(C(=O)CCCOc2ccccc2OCC)C1. The summed E-state index contributed by atoms with van der Waals surface area (Å²) in [5.41, 5.74) is 0. The van der Waals surface area contributed by atoms with Crippen LogP contribution in [0.25, 0.3) is 0 Å². The molecular weight excluding hydrogens is 334 g/mol. The molecule has 1 amide bonds. The minimum absolute atomic E-state index is 0.0701. The Labute approximate surface area is 155 Å². The number of piperidine rings is 1. The predicted molar refractivity (Wildman–Crippen MR) is 98.3 cm³/mol. The van der Waals surface area contributed by atoms with E-state index in [0.29, 0.717) is 51.5 Å². The van der Waals surface area contributed by atoms with Crippen LogP contribution in [0.3, 0.4) is 0 Å². The van der Waals surface area contributed by atoms with Crippen molar-refractivity contribution in [2.24, 2.45) is 5.92 Å². The highest BCUT2D eigenvalue weighted by molar-refractivity contribution is 5.78. The van der Waals surface area contributed by atoms with E-state index in [2.05, 4.69) is 0 Å². The fourth-order valence-corrected chi connectivity index (χ4v) is 3.06. The number of rotatable bonds is 9. The first kappa shape index (κ1) is 20.1. The molecule has 144 valence electrons. The molecule has 1 aromatic rings. The number of para-hydroxylation sites is 2. The molecule has 1 saturated heterocycles. The Morgan fingerprint density at radius 1 is 1.12 bits per heavy atom. The van der Waals surface area contributed by atoms with Gasteiger partial charge in [0.1, 0.15) is 0 Å². The lowest BCUT2D eigenvalue weighted by Crippen LogP contribution is -2.42. The Morgan fingerprint density at radius 3 is 2.54 bits per heavy atom. The molecule has 26 heavy (non-hydrogen) atoms. The van der Waals surface area contributed by atoms with Gasteiger partial charge in [0, 0.05) is 19.5 Å². The van der Waals surface area contributed by atoms with Crippen molar-refractivity contribution in [1.29, 1.82) is 0 Å². The van der Waals surface area contributed by atoms with Crippen molar-refractivity contribution in [2.45, 2.75) is 39.5 Å². The molecule has 0 spiro atoms. The molecule has 2 rings (SSSR count). The molecule has 0 saturated carbocycles. The zero-order valence-corrected chi connectivity index (χ0v) is 15.7. The summed E-state index contributed by atoms with van der Waals surface area (Å²) in [6.45, 7) is 6.31. The van der Waals surface area contributed by atoms with Gasteiger partial charge in [0.2, 0.25) is 5.91 Å². The first-order valence-corrected chi connectivity index (χ1v) is 9.44. The van der Waals surface area contributed by atoms with Crippen molar-refractivity contribution in [1.82, 2.24) is 4.90 Å². The number of ether oxygens (including phenoxy) is 3. The largest absolute Gasteiger partial charge is 0.490 e. The minimum Gasteiger partial charge on any atom is -0.490 e. The highest BCUT2D eigenvalue weighted by atomic mass is 16.5.